The van der Waals surface area contributed by atoms with Crippen molar-refractivity contribution < 1.29 is 0 Å². The van der Waals surface area contributed by atoms with Crippen LogP contribution in [0.1, 0.15) is 30.0 Å². The van der Waals surface area contributed by atoms with Crippen LogP contribution in [0.4, 0.5) is 0 Å². The van der Waals surface area contributed by atoms with E-state index in [1.54, 1.807) is 0 Å². The van der Waals surface area contributed by atoms with Crippen molar-refractivity contribution in [1.29, 1.82) is 0 Å². The predicted octanol–water partition coefficient (Wildman–Crippen LogP) is 4.49. The van der Waals surface area contributed by atoms with Crippen LogP contribution in [0.25, 0.3) is 11.1 Å². The molecule has 2 aliphatic rings. The van der Waals surface area contributed by atoms with Gasteiger partial charge in [0, 0.05) is 0 Å². The summed E-state index contributed by atoms with van der Waals surface area (Å²) in [7, 11) is 0. The summed E-state index contributed by atoms with van der Waals surface area (Å²) in [6, 6.07) is 18.1. The maximum absolute atomic E-state index is 3.85. The van der Waals surface area contributed by atoms with Crippen molar-refractivity contribution in [3.63, 3.8) is 0 Å². The second-order valence-electron chi connectivity index (χ2n) is 6.07. The Balaban J connectivity index is 1.59. The normalized spacial score (nSPS) is 18.5. The molecule has 1 saturated heterocycles. The van der Waals surface area contributed by atoms with Crippen molar-refractivity contribution in [1.82, 2.24) is 5.32 Å². The van der Waals surface area contributed by atoms with Gasteiger partial charge in [-0.05, 0) is 59.1 Å². The van der Waals surface area contributed by atoms with Gasteiger partial charge in [-0.1, -0.05) is 48.5 Å². The van der Waals surface area contributed by atoms with Crippen LogP contribution in [0.5, 0.6) is 0 Å². The van der Waals surface area contributed by atoms with Crippen LogP contribution in [-0.2, 0) is 0 Å². The quantitative estimate of drug-likeness (QED) is 0.895. The molecule has 0 aromatic heterocycles. The van der Waals surface area contributed by atoms with Gasteiger partial charge in [0.2, 0.25) is 0 Å². The zero-order valence-electron chi connectivity index (χ0n) is 12.2. The molecule has 4 rings (SSSR count). The van der Waals surface area contributed by atoms with Crippen LogP contribution >= 0.6 is 11.8 Å². The second-order valence-corrected chi connectivity index (χ2v) is 7.30. The van der Waals surface area contributed by atoms with E-state index in [9.17, 15) is 0 Å². The number of rotatable bonds is 3. The highest BCUT2D eigenvalue weighted by molar-refractivity contribution is 7.99. The molecule has 0 atom stereocenters. The Kier molecular flexibility index (Phi) is 3.74. The number of fused-ring (bicyclic) bond motifs is 3. The van der Waals surface area contributed by atoms with Crippen molar-refractivity contribution >= 4 is 11.8 Å². The lowest BCUT2D eigenvalue weighted by Gasteiger charge is -2.24. The molecule has 1 heterocycles. The van der Waals surface area contributed by atoms with Gasteiger partial charge in [0.1, 0.15) is 0 Å². The molecule has 0 saturated carbocycles. The Morgan fingerprint density at radius 2 is 1.43 bits per heavy atom. The second kappa shape index (κ2) is 5.86. The van der Waals surface area contributed by atoms with Crippen LogP contribution in [0.2, 0.25) is 0 Å². The Morgan fingerprint density at radius 3 is 2.05 bits per heavy atom. The average molecular weight is 295 g/mol. The average Bonchev–Trinajstić information content (AvgIpc) is 2.88. The molecule has 1 nitrogen and oxygen atoms in total. The van der Waals surface area contributed by atoms with Gasteiger partial charge in [0.05, 0.1) is 6.04 Å². The molecule has 2 aromatic carbocycles. The van der Waals surface area contributed by atoms with Crippen LogP contribution in [0.15, 0.2) is 48.5 Å². The Hall–Kier alpha value is -1.25. The van der Waals surface area contributed by atoms with E-state index in [1.165, 1.54) is 46.6 Å². The molecule has 1 fully saturated rings. The smallest absolute Gasteiger partial charge is 0.0589 e. The molecular weight excluding hydrogens is 274 g/mol. The summed E-state index contributed by atoms with van der Waals surface area (Å²) in [5, 5.41) is 3.85. The summed E-state index contributed by atoms with van der Waals surface area (Å²) in [6.07, 6.45) is 2.74. The topological polar surface area (TPSA) is 12.0 Å². The Labute approximate surface area is 131 Å². The molecule has 1 N–H and O–H groups in total. The number of nitrogens with one attached hydrogen (secondary N) is 1. The van der Waals surface area contributed by atoms with Gasteiger partial charge in [-0.25, -0.2) is 0 Å². The summed E-state index contributed by atoms with van der Waals surface area (Å²) >= 11 is 2.11. The monoisotopic (exact) mass is 295 g/mol. The minimum atomic E-state index is 0.381. The SMILES string of the molecule is c1ccc2c(c1)-c1ccccc1C2NCC1CCSCC1. The van der Waals surface area contributed by atoms with Gasteiger partial charge in [0.25, 0.3) is 0 Å². The highest BCUT2D eigenvalue weighted by Crippen LogP contribution is 2.43. The minimum absolute atomic E-state index is 0.381. The summed E-state index contributed by atoms with van der Waals surface area (Å²) in [5.41, 5.74) is 5.71. The number of hydrogen-bond acceptors (Lipinski definition) is 2. The third-order valence-electron chi connectivity index (χ3n) is 4.79. The van der Waals surface area contributed by atoms with Gasteiger partial charge in [-0.3, -0.25) is 0 Å². The van der Waals surface area contributed by atoms with Crippen LogP contribution in [0, 0.1) is 5.92 Å². The molecule has 2 heteroatoms. The van der Waals surface area contributed by atoms with Crippen molar-refractivity contribution in [3.8, 4) is 11.1 Å². The van der Waals surface area contributed by atoms with E-state index < -0.39 is 0 Å². The molecule has 0 spiro atoms. The lowest BCUT2D eigenvalue weighted by atomic mass is 10.0. The van der Waals surface area contributed by atoms with Crippen molar-refractivity contribution in [2.45, 2.75) is 18.9 Å². The Bertz CT molecular complexity index is 585. The predicted molar refractivity (Wildman–Crippen MR) is 91.8 cm³/mol. The van der Waals surface area contributed by atoms with Gasteiger partial charge in [-0.2, -0.15) is 11.8 Å². The van der Waals surface area contributed by atoms with Crippen LogP contribution in [-0.4, -0.2) is 18.1 Å². The molecule has 108 valence electrons. The van der Waals surface area contributed by atoms with Gasteiger partial charge in [-0.15, -0.1) is 0 Å². The van der Waals surface area contributed by atoms with Crippen molar-refractivity contribution in [2.75, 3.05) is 18.1 Å². The van der Waals surface area contributed by atoms with E-state index in [0.717, 1.165) is 12.5 Å². The third-order valence-corrected chi connectivity index (χ3v) is 5.83. The van der Waals surface area contributed by atoms with E-state index in [2.05, 4.69) is 65.6 Å². The van der Waals surface area contributed by atoms with Crippen LogP contribution < -0.4 is 5.32 Å². The van der Waals surface area contributed by atoms with Crippen molar-refractivity contribution in [3.05, 3.63) is 59.7 Å². The molecule has 1 aliphatic heterocycles. The van der Waals surface area contributed by atoms with E-state index in [0.29, 0.717) is 6.04 Å². The summed E-state index contributed by atoms with van der Waals surface area (Å²) in [6.45, 7) is 1.15. The molecule has 0 amide bonds. The van der Waals surface area contributed by atoms with Crippen LogP contribution in [0.3, 0.4) is 0 Å². The zero-order valence-corrected chi connectivity index (χ0v) is 13.0. The third kappa shape index (κ3) is 2.51. The van der Waals surface area contributed by atoms with E-state index in [1.807, 2.05) is 0 Å². The first kappa shape index (κ1) is 13.4. The molecular formula is C19H21NS. The van der Waals surface area contributed by atoms with Crippen molar-refractivity contribution in [2.24, 2.45) is 5.92 Å². The lowest BCUT2D eigenvalue weighted by molar-refractivity contribution is 0.431. The molecule has 0 unspecified atom stereocenters. The number of thioether (sulfide) groups is 1. The van der Waals surface area contributed by atoms with Gasteiger partial charge in [0.15, 0.2) is 0 Å². The standard InChI is InChI=1S/C19H21NS/c1-3-7-17-15(5-1)16-6-2-4-8-18(16)19(17)20-13-14-9-11-21-12-10-14/h1-8,14,19-20H,9-13H2. The van der Waals surface area contributed by atoms with E-state index >= 15 is 0 Å². The summed E-state index contributed by atoms with van der Waals surface area (Å²) in [4.78, 5) is 0. The first-order chi connectivity index (χ1) is 10.4. The fourth-order valence-electron chi connectivity index (χ4n) is 3.61. The first-order valence-electron chi connectivity index (χ1n) is 7.93. The summed E-state index contributed by atoms with van der Waals surface area (Å²) in [5.74, 6) is 3.53. The molecule has 0 bridgehead atoms. The number of benzene rings is 2. The molecule has 1 aliphatic carbocycles. The largest absolute Gasteiger partial charge is 0.306 e. The van der Waals surface area contributed by atoms with Gasteiger partial charge >= 0.3 is 0 Å². The maximum Gasteiger partial charge on any atom is 0.0589 e. The van der Waals surface area contributed by atoms with E-state index in [4.69, 9.17) is 0 Å². The molecule has 21 heavy (non-hydrogen) atoms. The van der Waals surface area contributed by atoms with Gasteiger partial charge < -0.3 is 5.32 Å². The lowest BCUT2D eigenvalue weighted by Crippen LogP contribution is -2.29. The highest BCUT2D eigenvalue weighted by atomic mass is 32.2. The fourth-order valence-corrected chi connectivity index (χ4v) is 4.81. The zero-order chi connectivity index (χ0) is 14.1. The first-order valence-corrected chi connectivity index (χ1v) is 9.08. The Morgan fingerprint density at radius 1 is 0.857 bits per heavy atom. The fraction of sp³-hybridized carbons (Fsp3) is 0.368. The number of hydrogen-bond donors (Lipinski definition) is 1. The maximum atomic E-state index is 3.85. The minimum Gasteiger partial charge on any atom is -0.306 e. The molecule has 0 radical (unpaired) electrons. The summed E-state index contributed by atoms with van der Waals surface area (Å²) < 4.78 is 0. The highest BCUT2D eigenvalue weighted by Gasteiger charge is 2.28. The van der Waals surface area contributed by atoms with E-state index in [-0.39, 0.29) is 0 Å². The molecule has 2 aromatic rings.